The average Bonchev–Trinajstić information content (AvgIpc) is 2.98. The maximum absolute atomic E-state index is 12.2. The van der Waals surface area contributed by atoms with Gasteiger partial charge in [0.15, 0.2) is 0 Å². The molecule has 2 aliphatic heterocycles. The first-order valence-corrected chi connectivity index (χ1v) is 14.8. The van der Waals surface area contributed by atoms with Gasteiger partial charge in [0.1, 0.15) is 0 Å². The van der Waals surface area contributed by atoms with Crippen molar-refractivity contribution in [2.45, 2.75) is 48.0 Å². The maximum Gasteiger partial charge on any atom is 0.253 e. The van der Waals surface area contributed by atoms with E-state index in [4.69, 9.17) is 23.1 Å². The molecule has 0 unspecified atom stereocenters. The van der Waals surface area contributed by atoms with Crippen LogP contribution in [0, 0.1) is 0 Å². The predicted molar refractivity (Wildman–Crippen MR) is 177 cm³/mol. The van der Waals surface area contributed by atoms with Gasteiger partial charge in [-0.25, -0.2) is 0 Å². The van der Waals surface area contributed by atoms with E-state index in [0.29, 0.717) is 22.1 Å². The standard InChI is InChI=1S/C29H39ClN6O.2C2H6/c1-19(16-25-20(2)34-13-10-24(25)27(31)8-9-28(32)33-3)18-36-14-11-21(12-15-36)23-7-6-22(17-26(23)30)29(37)35(4)5;2*1-2/h6-11,16-17,33-34H,12-15,18,31-32H2,1-5H3;2*1-2H3/b19-16+,27-8-,28-9+;;. The Morgan fingerprint density at radius 2 is 1.83 bits per heavy atom. The Bertz CT molecular complexity index is 1220. The molecule has 3 rings (SSSR count). The Morgan fingerprint density at radius 1 is 1.15 bits per heavy atom. The summed E-state index contributed by atoms with van der Waals surface area (Å²) in [4.78, 5) is 16.2. The number of nitrogens with zero attached hydrogens (tertiary/aromatic N) is 2. The van der Waals surface area contributed by atoms with Crippen molar-refractivity contribution < 1.29 is 4.79 Å². The lowest BCUT2D eigenvalue weighted by Gasteiger charge is -2.28. The number of nitrogens with two attached hydrogens (primary N) is 2. The minimum absolute atomic E-state index is 0.0492. The number of rotatable bonds is 8. The normalized spacial score (nSPS) is 16.3. The first-order chi connectivity index (χ1) is 19.6. The van der Waals surface area contributed by atoms with E-state index in [1.165, 1.54) is 11.1 Å². The summed E-state index contributed by atoms with van der Waals surface area (Å²) >= 11 is 6.56. The summed E-state index contributed by atoms with van der Waals surface area (Å²) in [5.41, 5.74) is 20.2. The number of halogens is 1. The molecule has 7 nitrogen and oxygen atoms in total. The average molecular weight is 583 g/mol. The summed E-state index contributed by atoms with van der Waals surface area (Å²) in [5, 5.41) is 6.93. The van der Waals surface area contributed by atoms with E-state index in [1.54, 1.807) is 38.2 Å². The number of hydrogen-bond acceptors (Lipinski definition) is 6. The SMILES string of the molecule is CC.CC.CN/C(N)=C/C=C(\N)C1=CCNC(C)=C1/C=C(\C)CN1CC=C(c2ccc(C(=O)N(C)C)cc2Cl)CC1. The number of nitrogens with one attached hydrogen (secondary N) is 2. The predicted octanol–water partition coefficient (Wildman–Crippen LogP) is 5.80. The summed E-state index contributed by atoms with van der Waals surface area (Å²) < 4.78 is 0. The van der Waals surface area contributed by atoms with E-state index < -0.39 is 0 Å². The first-order valence-electron chi connectivity index (χ1n) is 14.5. The summed E-state index contributed by atoms with van der Waals surface area (Å²) in [5.74, 6) is 0.509. The van der Waals surface area contributed by atoms with Crippen molar-refractivity contribution in [3.63, 3.8) is 0 Å². The molecule has 0 spiro atoms. The van der Waals surface area contributed by atoms with Crippen LogP contribution in [-0.4, -0.2) is 63.0 Å². The fourth-order valence-corrected chi connectivity index (χ4v) is 4.74. The highest BCUT2D eigenvalue weighted by Gasteiger charge is 2.18. The quantitative estimate of drug-likeness (QED) is 0.289. The van der Waals surface area contributed by atoms with Gasteiger partial charge in [-0.1, -0.05) is 69.2 Å². The van der Waals surface area contributed by atoms with Crippen molar-refractivity contribution in [3.05, 3.63) is 98.7 Å². The van der Waals surface area contributed by atoms with Crippen molar-refractivity contribution >= 4 is 23.1 Å². The summed E-state index contributed by atoms with van der Waals surface area (Å²) in [6.07, 6.45) is 11.1. The molecule has 0 atom stereocenters. The smallest absolute Gasteiger partial charge is 0.253 e. The molecule has 0 saturated heterocycles. The monoisotopic (exact) mass is 582 g/mol. The van der Waals surface area contributed by atoms with Gasteiger partial charge in [-0.05, 0) is 55.7 Å². The van der Waals surface area contributed by atoms with E-state index in [-0.39, 0.29) is 5.91 Å². The molecule has 6 N–H and O–H groups in total. The van der Waals surface area contributed by atoms with Crippen molar-refractivity contribution in [2.24, 2.45) is 11.5 Å². The van der Waals surface area contributed by atoms with Gasteiger partial charge in [-0.2, -0.15) is 0 Å². The first kappa shape index (κ1) is 35.6. The highest BCUT2D eigenvalue weighted by Crippen LogP contribution is 2.30. The van der Waals surface area contributed by atoms with Gasteiger partial charge >= 0.3 is 0 Å². The van der Waals surface area contributed by atoms with Gasteiger partial charge in [0.05, 0.1) is 5.82 Å². The molecule has 2 aliphatic rings. The molecule has 0 aromatic heterocycles. The zero-order chi connectivity index (χ0) is 31.1. The molecule has 0 radical (unpaired) electrons. The molecule has 8 heteroatoms. The van der Waals surface area contributed by atoms with Crippen molar-refractivity contribution in [3.8, 4) is 0 Å². The number of dihydropyridines is 1. The number of amides is 1. The maximum atomic E-state index is 12.2. The minimum atomic E-state index is -0.0492. The summed E-state index contributed by atoms with van der Waals surface area (Å²) in [7, 11) is 5.25. The van der Waals surface area contributed by atoms with Crippen molar-refractivity contribution in [2.75, 3.05) is 47.3 Å². The third kappa shape index (κ3) is 10.5. The van der Waals surface area contributed by atoms with Crippen LogP contribution in [0.3, 0.4) is 0 Å². The van der Waals surface area contributed by atoms with Gasteiger partial charge in [0.25, 0.3) is 5.91 Å². The van der Waals surface area contributed by atoms with Crippen LogP contribution in [0.25, 0.3) is 5.57 Å². The van der Waals surface area contributed by atoms with Crippen LogP contribution in [-0.2, 0) is 0 Å². The van der Waals surface area contributed by atoms with Crippen LogP contribution in [0.2, 0.25) is 5.02 Å². The lowest BCUT2D eigenvalue weighted by Crippen LogP contribution is -2.30. The van der Waals surface area contributed by atoms with Gasteiger partial charge in [0, 0.05) is 80.4 Å². The Kier molecular flexibility index (Phi) is 15.7. The lowest BCUT2D eigenvalue weighted by atomic mass is 9.95. The van der Waals surface area contributed by atoms with Gasteiger partial charge < -0.3 is 27.0 Å². The second-order valence-electron chi connectivity index (χ2n) is 9.63. The van der Waals surface area contributed by atoms with Crippen LogP contribution in [0.15, 0.2) is 82.5 Å². The zero-order valence-corrected chi connectivity index (χ0v) is 27.2. The molecule has 2 heterocycles. The zero-order valence-electron chi connectivity index (χ0n) is 26.5. The molecular weight excluding hydrogens is 532 g/mol. The number of benzene rings is 1. The molecule has 1 aromatic rings. The molecule has 1 aromatic carbocycles. The van der Waals surface area contributed by atoms with Crippen LogP contribution >= 0.6 is 11.6 Å². The highest BCUT2D eigenvalue weighted by molar-refractivity contribution is 6.32. The lowest BCUT2D eigenvalue weighted by molar-refractivity contribution is 0.0827. The van der Waals surface area contributed by atoms with Crippen LogP contribution in [0.1, 0.15) is 63.9 Å². The molecule has 41 heavy (non-hydrogen) atoms. The number of carbonyl (C=O) groups excluding carboxylic acids is 1. The molecule has 0 bridgehead atoms. The Labute approximate surface area is 253 Å². The van der Waals surface area contributed by atoms with Crippen LogP contribution < -0.4 is 22.1 Å². The number of carbonyl (C=O) groups is 1. The summed E-state index contributed by atoms with van der Waals surface area (Å²) in [6.45, 7) is 15.6. The fraction of sp³-hybridized carbons (Fsp3) is 0.424. The highest BCUT2D eigenvalue weighted by atomic mass is 35.5. The largest absolute Gasteiger partial charge is 0.398 e. The summed E-state index contributed by atoms with van der Waals surface area (Å²) in [6, 6.07) is 5.58. The van der Waals surface area contributed by atoms with E-state index in [9.17, 15) is 4.79 Å². The number of allylic oxidation sites excluding steroid dienone is 5. The third-order valence-electron chi connectivity index (χ3n) is 6.53. The Hall–Kier alpha value is -3.42. The van der Waals surface area contributed by atoms with Gasteiger partial charge in [-0.3, -0.25) is 9.69 Å². The topological polar surface area (TPSA) is 99.6 Å². The van der Waals surface area contributed by atoms with Gasteiger partial charge in [-0.15, -0.1) is 0 Å². The Balaban J connectivity index is 0.00000201. The van der Waals surface area contributed by atoms with Crippen LogP contribution in [0.5, 0.6) is 0 Å². The second kappa shape index (κ2) is 18.1. The fourth-order valence-electron chi connectivity index (χ4n) is 4.44. The number of hydrogen-bond donors (Lipinski definition) is 4. The van der Waals surface area contributed by atoms with Crippen molar-refractivity contribution in [1.29, 1.82) is 0 Å². The van der Waals surface area contributed by atoms with E-state index >= 15 is 0 Å². The minimum Gasteiger partial charge on any atom is -0.398 e. The molecule has 0 aliphatic carbocycles. The second-order valence-corrected chi connectivity index (χ2v) is 10.0. The molecule has 226 valence electrons. The van der Waals surface area contributed by atoms with E-state index in [2.05, 4.69) is 47.6 Å². The van der Waals surface area contributed by atoms with Crippen molar-refractivity contribution in [1.82, 2.24) is 20.4 Å². The Morgan fingerprint density at radius 3 is 2.39 bits per heavy atom. The molecule has 1 amide bonds. The van der Waals surface area contributed by atoms with E-state index in [0.717, 1.165) is 55.0 Å². The van der Waals surface area contributed by atoms with Crippen LogP contribution in [0.4, 0.5) is 0 Å². The molecular formula is C33H51ClN6O. The van der Waals surface area contributed by atoms with E-state index in [1.807, 2.05) is 45.9 Å². The molecule has 0 fully saturated rings. The van der Waals surface area contributed by atoms with Gasteiger partial charge in [0.2, 0.25) is 0 Å². The molecule has 0 saturated carbocycles. The third-order valence-corrected chi connectivity index (χ3v) is 6.85.